The lowest BCUT2D eigenvalue weighted by atomic mass is 9.68. The lowest BCUT2D eigenvalue weighted by Gasteiger charge is -2.39. The van der Waals surface area contributed by atoms with Crippen LogP contribution in [0.3, 0.4) is 0 Å². The molecule has 5 rings (SSSR count). The number of nitrogens with one attached hydrogen (secondary N) is 1. The summed E-state index contributed by atoms with van der Waals surface area (Å²) in [7, 11) is 0. The van der Waals surface area contributed by atoms with E-state index >= 15 is 0 Å². The number of para-hydroxylation sites is 1. The fourth-order valence-corrected chi connectivity index (χ4v) is 5.53. The summed E-state index contributed by atoms with van der Waals surface area (Å²) in [4.78, 5) is 40.4. The van der Waals surface area contributed by atoms with Crippen LogP contribution in [0.4, 0.5) is 0 Å². The number of ketones is 1. The van der Waals surface area contributed by atoms with Crippen molar-refractivity contribution in [1.82, 2.24) is 5.32 Å². The molecule has 0 unspecified atom stereocenters. The van der Waals surface area contributed by atoms with Crippen LogP contribution in [0.1, 0.15) is 70.8 Å². The van der Waals surface area contributed by atoms with Gasteiger partial charge in [0.2, 0.25) is 0 Å². The fraction of sp³-hybridized carbons (Fsp3) is 0.444. The molecule has 1 aromatic heterocycles. The van der Waals surface area contributed by atoms with Crippen LogP contribution < -0.4 is 10.7 Å². The number of allylic oxidation sites excluding steroid dienone is 3. The molecule has 1 atom stereocenters. The van der Waals surface area contributed by atoms with E-state index in [1.165, 1.54) is 6.26 Å². The van der Waals surface area contributed by atoms with Gasteiger partial charge in [-0.2, -0.15) is 0 Å². The van der Waals surface area contributed by atoms with Crippen molar-refractivity contribution in [3.05, 3.63) is 68.9 Å². The van der Waals surface area contributed by atoms with Gasteiger partial charge in [0.15, 0.2) is 11.2 Å². The molecule has 172 valence electrons. The average Bonchev–Trinajstić information content (AvgIpc) is 3.25. The smallest absolute Gasteiger partial charge is 0.337 e. The highest BCUT2D eigenvalue weighted by Gasteiger charge is 2.44. The van der Waals surface area contributed by atoms with Gasteiger partial charge in [-0.25, -0.2) is 4.79 Å². The van der Waals surface area contributed by atoms with Gasteiger partial charge in [-0.3, -0.25) is 9.59 Å². The predicted octanol–water partition coefficient (Wildman–Crippen LogP) is 4.88. The minimum absolute atomic E-state index is 0.0509. The van der Waals surface area contributed by atoms with E-state index in [9.17, 15) is 14.4 Å². The number of dihydropyridines is 1. The van der Waals surface area contributed by atoms with Crippen molar-refractivity contribution in [2.75, 3.05) is 0 Å². The lowest BCUT2D eigenvalue weighted by molar-refractivity contribution is -0.144. The third kappa shape index (κ3) is 3.81. The minimum atomic E-state index is -0.806. The quantitative estimate of drug-likeness (QED) is 0.675. The number of ether oxygens (including phenoxy) is 1. The first-order chi connectivity index (χ1) is 15.7. The Kier molecular flexibility index (Phi) is 5.26. The molecule has 2 heterocycles. The van der Waals surface area contributed by atoms with Crippen LogP contribution in [0, 0.1) is 5.41 Å². The molecule has 1 aromatic carbocycles. The standard InChI is InChI=1S/C27H29NO5/c1-15-22(26(31)33-16-8-4-5-9-16)23(24-19(28-15)12-27(2,3)13-20(24)29)18-14-32-21-11-7-6-10-17(21)25(18)30/h6-7,10-11,14,16,23,28H,4-5,8-9,12-13H2,1-3H3/t23-/m0/s1. The van der Waals surface area contributed by atoms with E-state index < -0.39 is 11.9 Å². The van der Waals surface area contributed by atoms with Gasteiger partial charge in [0.05, 0.1) is 23.1 Å². The topological polar surface area (TPSA) is 85.6 Å². The largest absolute Gasteiger partial charge is 0.464 e. The highest BCUT2D eigenvalue weighted by Crippen LogP contribution is 2.46. The maximum absolute atomic E-state index is 13.6. The van der Waals surface area contributed by atoms with Crippen LogP contribution in [-0.2, 0) is 14.3 Å². The summed E-state index contributed by atoms with van der Waals surface area (Å²) in [5.74, 6) is -1.32. The zero-order chi connectivity index (χ0) is 23.3. The van der Waals surface area contributed by atoms with E-state index in [4.69, 9.17) is 9.15 Å². The zero-order valence-electron chi connectivity index (χ0n) is 19.3. The summed E-state index contributed by atoms with van der Waals surface area (Å²) in [5, 5.41) is 3.75. The number of rotatable bonds is 3. The molecule has 1 N–H and O–H groups in total. The maximum atomic E-state index is 13.6. The predicted molar refractivity (Wildman–Crippen MR) is 124 cm³/mol. The van der Waals surface area contributed by atoms with Gasteiger partial charge in [0.25, 0.3) is 0 Å². The first-order valence-electron chi connectivity index (χ1n) is 11.7. The Morgan fingerprint density at radius 2 is 1.85 bits per heavy atom. The SMILES string of the molecule is CC1=C(C(=O)OC2CCCC2)[C@H](c2coc3ccccc3c2=O)C2=C(CC(C)(C)CC2=O)N1. The van der Waals surface area contributed by atoms with Gasteiger partial charge < -0.3 is 14.5 Å². The van der Waals surface area contributed by atoms with Crippen LogP contribution >= 0.6 is 0 Å². The molecule has 0 bridgehead atoms. The molecule has 0 spiro atoms. The summed E-state index contributed by atoms with van der Waals surface area (Å²) in [5.41, 5.74) is 2.56. The molecule has 0 saturated heterocycles. The molecule has 6 heteroatoms. The van der Waals surface area contributed by atoms with Gasteiger partial charge in [-0.1, -0.05) is 26.0 Å². The zero-order valence-corrected chi connectivity index (χ0v) is 19.3. The first kappa shape index (κ1) is 21.7. The Balaban J connectivity index is 1.68. The molecule has 1 saturated carbocycles. The molecule has 1 aliphatic heterocycles. The highest BCUT2D eigenvalue weighted by molar-refractivity contribution is 6.04. The Labute approximate surface area is 192 Å². The van der Waals surface area contributed by atoms with E-state index in [2.05, 4.69) is 19.2 Å². The second-order valence-electron chi connectivity index (χ2n) is 10.3. The molecule has 2 aromatic rings. The minimum Gasteiger partial charge on any atom is -0.464 e. The highest BCUT2D eigenvalue weighted by atomic mass is 16.5. The van der Waals surface area contributed by atoms with Crippen molar-refractivity contribution in [3.8, 4) is 0 Å². The van der Waals surface area contributed by atoms with Crippen LogP contribution in [-0.4, -0.2) is 17.9 Å². The Morgan fingerprint density at radius 3 is 2.61 bits per heavy atom. The van der Waals surface area contributed by atoms with Gasteiger partial charge >= 0.3 is 5.97 Å². The third-order valence-corrected chi connectivity index (χ3v) is 7.05. The van der Waals surface area contributed by atoms with Crippen LogP contribution in [0.15, 0.2) is 62.3 Å². The molecule has 0 amide bonds. The summed E-state index contributed by atoms with van der Waals surface area (Å²) < 4.78 is 11.7. The van der Waals surface area contributed by atoms with Crippen LogP contribution in [0.2, 0.25) is 0 Å². The number of fused-ring (bicyclic) bond motifs is 1. The monoisotopic (exact) mass is 447 g/mol. The van der Waals surface area contributed by atoms with Gasteiger partial charge in [0, 0.05) is 29.0 Å². The van der Waals surface area contributed by atoms with E-state index in [1.54, 1.807) is 24.3 Å². The number of carbonyl (C=O) groups excluding carboxylic acids is 2. The molecule has 6 nitrogen and oxygen atoms in total. The van der Waals surface area contributed by atoms with E-state index in [0.29, 0.717) is 46.2 Å². The van der Waals surface area contributed by atoms with Crippen molar-refractivity contribution in [1.29, 1.82) is 0 Å². The molecular weight excluding hydrogens is 418 g/mol. The van der Waals surface area contributed by atoms with Crippen LogP contribution in [0.5, 0.6) is 0 Å². The third-order valence-electron chi connectivity index (χ3n) is 7.05. The summed E-state index contributed by atoms with van der Waals surface area (Å²) in [6, 6.07) is 7.02. The maximum Gasteiger partial charge on any atom is 0.337 e. The summed E-state index contributed by atoms with van der Waals surface area (Å²) in [6.45, 7) is 5.92. The molecule has 3 aliphatic rings. The fourth-order valence-electron chi connectivity index (χ4n) is 5.53. The molecule has 1 fully saturated rings. The molecular formula is C27H29NO5. The van der Waals surface area contributed by atoms with Gasteiger partial charge in [-0.05, 0) is 56.6 Å². The Bertz CT molecular complexity index is 1270. The van der Waals surface area contributed by atoms with E-state index in [0.717, 1.165) is 31.4 Å². The second-order valence-corrected chi connectivity index (χ2v) is 10.3. The molecule has 2 aliphatic carbocycles. The Hall–Kier alpha value is -3.15. The normalized spacial score (nSPS) is 23.0. The van der Waals surface area contributed by atoms with Crippen molar-refractivity contribution in [2.24, 2.45) is 5.41 Å². The number of hydrogen-bond acceptors (Lipinski definition) is 6. The van der Waals surface area contributed by atoms with Gasteiger partial charge in [-0.15, -0.1) is 0 Å². The van der Waals surface area contributed by atoms with E-state index in [-0.39, 0.29) is 22.7 Å². The number of carbonyl (C=O) groups is 2. The average molecular weight is 448 g/mol. The summed E-state index contributed by atoms with van der Waals surface area (Å²) >= 11 is 0. The van der Waals surface area contributed by atoms with Crippen molar-refractivity contribution in [3.63, 3.8) is 0 Å². The second kappa shape index (κ2) is 8.01. The van der Waals surface area contributed by atoms with Crippen molar-refractivity contribution < 1.29 is 18.7 Å². The number of benzene rings is 1. The lowest BCUT2D eigenvalue weighted by Crippen LogP contribution is -2.40. The number of esters is 1. The Morgan fingerprint density at radius 1 is 1.12 bits per heavy atom. The summed E-state index contributed by atoms with van der Waals surface area (Å²) in [6.07, 6.45) is 6.06. The number of hydrogen-bond donors (Lipinski definition) is 1. The molecule has 0 radical (unpaired) electrons. The van der Waals surface area contributed by atoms with E-state index in [1.807, 2.05) is 6.92 Å². The van der Waals surface area contributed by atoms with Crippen molar-refractivity contribution >= 4 is 22.7 Å². The molecule has 33 heavy (non-hydrogen) atoms. The number of Topliss-reactive ketones (excluding diaryl/α,β-unsaturated/α-hetero) is 1. The van der Waals surface area contributed by atoms with Crippen LogP contribution in [0.25, 0.3) is 11.0 Å². The first-order valence-corrected chi connectivity index (χ1v) is 11.7. The van der Waals surface area contributed by atoms with Gasteiger partial charge in [0.1, 0.15) is 11.7 Å². The van der Waals surface area contributed by atoms with Crippen molar-refractivity contribution in [2.45, 2.75) is 71.3 Å².